The van der Waals surface area contributed by atoms with Crippen molar-refractivity contribution in [2.45, 2.75) is 56.1 Å². The second-order valence-corrected chi connectivity index (χ2v) is 12.4. The van der Waals surface area contributed by atoms with E-state index in [1.165, 1.54) is 23.9 Å². The molecule has 0 spiro atoms. The van der Waals surface area contributed by atoms with Gasteiger partial charge in [-0.25, -0.2) is 0 Å². The molecule has 0 bridgehead atoms. The van der Waals surface area contributed by atoms with E-state index in [0.29, 0.717) is 22.9 Å². The van der Waals surface area contributed by atoms with Crippen molar-refractivity contribution in [1.82, 2.24) is 9.80 Å². The van der Waals surface area contributed by atoms with Crippen LogP contribution in [0.5, 0.6) is 5.75 Å². The molecule has 1 aliphatic heterocycles. The van der Waals surface area contributed by atoms with Gasteiger partial charge in [0, 0.05) is 23.4 Å². The van der Waals surface area contributed by atoms with Gasteiger partial charge in [-0.1, -0.05) is 18.2 Å². The number of alkyl halides is 3. The van der Waals surface area contributed by atoms with Crippen LogP contribution in [0.1, 0.15) is 36.0 Å². The number of amides is 1. The zero-order chi connectivity index (χ0) is 32.0. The van der Waals surface area contributed by atoms with Crippen LogP contribution in [0.4, 0.5) is 13.2 Å². The Morgan fingerprint density at radius 3 is 2.50 bits per heavy atom. The Morgan fingerprint density at radius 1 is 1.16 bits per heavy atom. The smallest absolute Gasteiger partial charge is 0.404 e. The third-order valence-electron chi connectivity index (χ3n) is 9.72. The Bertz CT molecular complexity index is 1700. The van der Waals surface area contributed by atoms with Crippen LogP contribution in [0, 0.1) is 11.8 Å². The van der Waals surface area contributed by atoms with Crippen molar-refractivity contribution < 1.29 is 48.0 Å². The molecule has 0 unspecified atom stereocenters. The fourth-order valence-corrected chi connectivity index (χ4v) is 7.78. The molecule has 0 radical (unpaired) electrons. The summed E-state index contributed by atoms with van der Waals surface area (Å²) < 4.78 is 40.5. The maximum absolute atomic E-state index is 14.0. The molecule has 1 saturated carbocycles. The van der Waals surface area contributed by atoms with Crippen molar-refractivity contribution in [2.24, 2.45) is 17.6 Å². The Kier molecular flexibility index (Phi) is 6.87. The van der Waals surface area contributed by atoms with Gasteiger partial charge in [-0.05, 0) is 74.8 Å². The van der Waals surface area contributed by atoms with Crippen molar-refractivity contribution in [2.75, 3.05) is 20.6 Å². The van der Waals surface area contributed by atoms with Crippen molar-refractivity contribution in [3.05, 3.63) is 57.9 Å². The van der Waals surface area contributed by atoms with Crippen molar-refractivity contribution >= 4 is 34.0 Å². The second kappa shape index (κ2) is 10.0. The van der Waals surface area contributed by atoms with Gasteiger partial charge in [0.1, 0.15) is 28.9 Å². The van der Waals surface area contributed by atoms with Crippen LogP contribution >= 0.6 is 0 Å². The van der Waals surface area contributed by atoms with Gasteiger partial charge in [0.15, 0.2) is 11.4 Å². The molecule has 5 atom stereocenters. The molecule has 6 rings (SSSR count). The summed E-state index contributed by atoms with van der Waals surface area (Å²) in [5, 5.41) is 46.4. The number of likely N-dealkylation sites (tertiary alicyclic amines) is 1. The number of likely N-dealkylation sites (N-methyl/N-ethyl adjacent to an activating group) is 1. The van der Waals surface area contributed by atoms with E-state index in [4.69, 9.17) is 5.73 Å². The number of phenolic OH excluding ortho intramolecular Hbond substituents is 1. The van der Waals surface area contributed by atoms with Crippen LogP contribution in [-0.4, -0.2) is 92.2 Å². The van der Waals surface area contributed by atoms with Crippen LogP contribution in [0.15, 0.2) is 41.2 Å². The maximum Gasteiger partial charge on any atom is 0.404 e. The maximum atomic E-state index is 14.0. The molecule has 234 valence electrons. The van der Waals surface area contributed by atoms with Crippen molar-refractivity contribution in [3.8, 4) is 5.75 Å². The van der Waals surface area contributed by atoms with Crippen LogP contribution in [0.2, 0.25) is 0 Å². The summed E-state index contributed by atoms with van der Waals surface area (Å²) in [4.78, 5) is 42.1. The number of nitrogens with two attached hydrogens (primary N) is 1. The molecule has 4 aliphatic rings. The van der Waals surface area contributed by atoms with E-state index in [2.05, 4.69) is 0 Å². The van der Waals surface area contributed by atoms with E-state index in [9.17, 15) is 48.0 Å². The minimum absolute atomic E-state index is 0.00172. The Labute approximate surface area is 249 Å². The quantitative estimate of drug-likeness (QED) is 0.325. The van der Waals surface area contributed by atoms with Crippen molar-refractivity contribution in [1.29, 1.82) is 0 Å². The number of nitrogens with zero attached hydrogens (tertiary/aromatic N) is 2. The molecule has 2 aromatic rings. The Balaban J connectivity index is 1.45. The first-order valence-electron chi connectivity index (χ1n) is 14.3. The molecule has 1 heterocycles. The number of halogens is 3. The zero-order valence-electron chi connectivity index (χ0n) is 24.0. The molecule has 2 fully saturated rings. The normalized spacial score (nSPS) is 29.3. The predicted molar refractivity (Wildman–Crippen MR) is 151 cm³/mol. The molecule has 13 heteroatoms. The minimum Gasteiger partial charge on any atom is -0.508 e. The lowest BCUT2D eigenvalue weighted by Crippen LogP contribution is -2.65. The summed E-state index contributed by atoms with van der Waals surface area (Å²) >= 11 is 0. The van der Waals surface area contributed by atoms with Crippen molar-refractivity contribution in [3.63, 3.8) is 0 Å². The first-order chi connectivity index (χ1) is 20.6. The van der Waals surface area contributed by atoms with E-state index in [1.54, 1.807) is 24.3 Å². The third-order valence-corrected chi connectivity index (χ3v) is 9.72. The number of primary amides is 1. The number of aliphatic hydroxyl groups excluding tert-OH is 2. The fourth-order valence-electron chi connectivity index (χ4n) is 7.78. The van der Waals surface area contributed by atoms with Crippen LogP contribution in [-0.2, 0) is 27.3 Å². The van der Waals surface area contributed by atoms with Crippen LogP contribution < -0.4 is 5.73 Å². The summed E-state index contributed by atoms with van der Waals surface area (Å²) in [7, 11) is 3.05. The van der Waals surface area contributed by atoms with Crippen LogP contribution in [0.3, 0.4) is 0 Å². The largest absolute Gasteiger partial charge is 0.508 e. The molecule has 3 aliphatic carbocycles. The lowest BCUT2D eigenvalue weighted by molar-refractivity contribution is -0.177. The number of carbonyl (C=O) groups is 3. The molecular weight excluding hydrogens is 583 g/mol. The number of carbonyl (C=O) groups excluding carboxylic acids is 3. The van der Waals surface area contributed by atoms with Gasteiger partial charge in [-0.2, -0.15) is 13.2 Å². The van der Waals surface area contributed by atoms with Crippen LogP contribution in [0.25, 0.3) is 16.5 Å². The number of Topliss-reactive ketones (excluding diaryl/α,β-unsaturated/α-hetero) is 2. The fraction of sp³-hybridized carbons (Fsp3) is 0.452. The molecule has 1 saturated heterocycles. The number of benzene rings is 2. The third kappa shape index (κ3) is 4.24. The minimum atomic E-state index is -4.36. The van der Waals surface area contributed by atoms with E-state index in [1.807, 2.05) is 0 Å². The lowest BCUT2D eigenvalue weighted by Gasteiger charge is -2.50. The van der Waals surface area contributed by atoms with Gasteiger partial charge in [0.05, 0.1) is 11.6 Å². The highest BCUT2D eigenvalue weighted by Gasteiger charge is 2.64. The number of fused-ring (bicyclic) bond motifs is 4. The zero-order valence-corrected chi connectivity index (χ0v) is 24.0. The summed E-state index contributed by atoms with van der Waals surface area (Å²) in [6, 6.07) is 3.91. The number of rotatable bonds is 4. The van der Waals surface area contributed by atoms with E-state index in [-0.39, 0.29) is 54.6 Å². The average Bonchev–Trinajstić information content (AvgIpc) is 3.39. The average molecular weight is 616 g/mol. The number of aromatic hydroxyl groups is 1. The van der Waals surface area contributed by atoms with E-state index in [0.717, 1.165) is 0 Å². The SMILES string of the molecule is CN(C)[C@@H]1C(=O)C(C(N)=O)=C(O)[C@@]2(O)C(=O)C3=C(O)c4c(cc5ccc(CN6CCC[C@@H]6C(F)(F)F)cc5c4O)C[C@H]3C[C@@H]12. The highest BCUT2D eigenvalue weighted by atomic mass is 19.4. The van der Waals surface area contributed by atoms with Gasteiger partial charge in [-0.3, -0.25) is 24.2 Å². The first-order valence-corrected chi connectivity index (χ1v) is 14.3. The second-order valence-electron chi connectivity index (χ2n) is 12.4. The predicted octanol–water partition coefficient (Wildman–Crippen LogP) is 2.64. The number of phenols is 1. The monoisotopic (exact) mass is 615 g/mol. The molecule has 0 aromatic heterocycles. The summed E-state index contributed by atoms with van der Waals surface area (Å²) in [5.74, 6) is -7.32. The first kappa shape index (κ1) is 30.1. The molecule has 10 nitrogen and oxygen atoms in total. The van der Waals surface area contributed by atoms with E-state index < -0.39 is 70.3 Å². The Morgan fingerprint density at radius 2 is 1.86 bits per heavy atom. The Hall–Kier alpha value is -3.94. The van der Waals surface area contributed by atoms with Gasteiger partial charge in [0.25, 0.3) is 5.91 Å². The van der Waals surface area contributed by atoms with Gasteiger partial charge in [0.2, 0.25) is 5.78 Å². The standard InChI is InChI=1S/C31H32F3N3O7/c1-36(2)23-18-11-16-10-15-9-14-6-5-13(12-37-7-3-4-19(37)31(32,33)34)8-17(14)24(38)20(15)25(39)21(16)27(41)30(18,44)28(42)22(26(23)40)29(35)43/h5-6,8-9,16,18-19,23,38-39,42,44H,3-4,7,10-12H2,1-2H3,(H2,35,43)/t16-,18-,19+,23-,30-/m0/s1. The van der Waals surface area contributed by atoms with Gasteiger partial charge >= 0.3 is 6.18 Å². The number of aliphatic hydroxyl groups is 3. The summed E-state index contributed by atoms with van der Waals surface area (Å²) in [6.07, 6.45) is -3.83. The summed E-state index contributed by atoms with van der Waals surface area (Å²) in [5.41, 5.74) is 2.39. The molecular formula is C31H32F3N3O7. The highest BCUT2D eigenvalue weighted by Crippen LogP contribution is 2.53. The highest BCUT2D eigenvalue weighted by molar-refractivity contribution is 6.24. The molecule has 2 aromatic carbocycles. The number of hydrogen-bond acceptors (Lipinski definition) is 9. The number of hydrogen-bond donors (Lipinski definition) is 5. The summed E-state index contributed by atoms with van der Waals surface area (Å²) in [6.45, 7) is 0.274. The molecule has 1 amide bonds. The topological polar surface area (TPSA) is 165 Å². The van der Waals surface area contributed by atoms with Gasteiger partial charge < -0.3 is 26.2 Å². The number of ketones is 2. The molecule has 44 heavy (non-hydrogen) atoms. The van der Waals surface area contributed by atoms with Gasteiger partial charge in [-0.15, -0.1) is 0 Å². The lowest BCUT2D eigenvalue weighted by atomic mass is 9.57. The molecule has 6 N–H and O–H groups in total. The van der Waals surface area contributed by atoms with E-state index >= 15 is 0 Å².